The van der Waals surface area contributed by atoms with Gasteiger partial charge in [0, 0.05) is 21.8 Å². The first-order valence-corrected chi connectivity index (χ1v) is 7.50. The zero-order valence-electron chi connectivity index (χ0n) is 9.91. The topological polar surface area (TPSA) is 32.3 Å². The van der Waals surface area contributed by atoms with Gasteiger partial charge in [0.2, 0.25) is 5.91 Å². The van der Waals surface area contributed by atoms with E-state index in [4.69, 9.17) is 0 Å². The standard InChI is InChI=1S/C12H17BrN2OS/c1-15(7-11-4-10(13)8-17-11)12(16)6-14-5-9-2-3-9/h4,8-9,14H,2-3,5-7H2,1H3. The molecule has 17 heavy (non-hydrogen) atoms. The van der Waals surface area contributed by atoms with Crippen LogP contribution in [0.25, 0.3) is 0 Å². The van der Waals surface area contributed by atoms with E-state index in [9.17, 15) is 4.79 Å². The molecule has 0 saturated heterocycles. The number of halogens is 1. The molecule has 1 fully saturated rings. The number of nitrogens with zero attached hydrogens (tertiary/aromatic N) is 1. The van der Waals surface area contributed by atoms with Crippen LogP contribution in [0.2, 0.25) is 0 Å². The molecule has 0 spiro atoms. The van der Waals surface area contributed by atoms with E-state index in [1.807, 2.05) is 12.4 Å². The maximum Gasteiger partial charge on any atom is 0.236 e. The molecular weight excluding hydrogens is 300 g/mol. The van der Waals surface area contributed by atoms with Crippen molar-refractivity contribution < 1.29 is 4.79 Å². The van der Waals surface area contributed by atoms with Crippen LogP contribution < -0.4 is 5.32 Å². The number of amides is 1. The second-order valence-electron chi connectivity index (χ2n) is 4.56. The third-order valence-electron chi connectivity index (χ3n) is 2.85. The van der Waals surface area contributed by atoms with E-state index in [0.717, 1.165) is 16.9 Å². The average molecular weight is 317 g/mol. The van der Waals surface area contributed by atoms with Gasteiger partial charge in [-0.3, -0.25) is 4.79 Å². The smallest absolute Gasteiger partial charge is 0.236 e. The Bertz CT molecular complexity index is 390. The number of likely N-dealkylation sites (N-methyl/N-ethyl adjacent to an activating group) is 1. The Labute approximate surface area is 114 Å². The highest BCUT2D eigenvalue weighted by molar-refractivity contribution is 9.10. The molecule has 1 aromatic rings. The van der Waals surface area contributed by atoms with Gasteiger partial charge in [-0.1, -0.05) is 0 Å². The summed E-state index contributed by atoms with van der Waals surface area (Å²) in [7, 11) is 1.86. The van der Waals surface area contributed by atoms with Crippen LogP contribution in [0.5, 0.6) is 0 Å². The van der Waals surface area contributed by atoms with Crippen molar-refractivity contribution in [3.8, 4) is 0 Å². The van der Waals surface area contributed by atoms with Crippen molar-refractivity contribution in [2.24, 2.45) is 5.92 Å². The molecule has 1 heterocycles. The van der Waals surface area contributed by atoms with Gasteiger partial charge in [-0.2, -0.15) is 0 Å². The van der Waals surface area contributed by atoms with Crippen LogP contribution in [0, 0.1) is 5.92 Å². The minimum Gasteiger partial charge on any atom is -0.340 e. The Morgan fingerprint density at radius 2 is 2.41 bits per heavy atom. The van der Waals surface area contributed by atoms with Gasteiger partial charge in [-0.05, 0) is 47.3 Å². The average Bonchev–Trinajstić information content (AvgIpc) is 3.02. The lowest BCUT2D eigenvalue weighted by atomic mass is 10.4. The van der Waals surface area contributed by atoms with Crippen molar-refractivity contribution >= 4 is 33.2 Å². The van der Waals surface area contributed by atoms with Crippen LogP contribution in [0.1, 0.15) is 17.7 Å². The number of carbonyl (C=O) groups excluding carboxylic acids is 1. The molecule has 1 aromatic heterocycles. The molecule has 5 heteroatoms. The summed E-state index contributed by atoms with van der Waals surface area (Å²) in [6.45, 7) is 2.14. The number of rotatable bonds is 6. The molecule has 1 saturated carbocycles. The van der Waals surface area contributed by atoms with Crippen LogP contribution in [0.4, 0.5) is 0 Å². The van der Waals surface area contributed by atoms with Crippen molar-refractivity contribution in [1.29, 1.82) is 0 Å². The first-order chi connectivity index (χ1) is 8.15. The lowest BCUT2D eigenvalue weighted by molar-refractivity contribution is -0.129. The Morgan fingerprint density at radius 1 is 1.65 bits per heavy atom. The first kappa shape index (κ1) is 13.1. The highest BCUT2D eigenvalue weighted by Gasteiger charge is 2.21. The fourth-order valence-corrected chi connectivity index (χ4v) is 3.10. The van der Waals surface area contributed by atoms with E-state index in [-0.39, 0.29) is 5.91 Å². The lowest BCUT2D eigenvalue weighted by Gasteiger charge is -2.16. The highest BCUT2D eigenvalue weighted by Crippen LogP contribution is 2.27. The summed E-state index contributed by atoms with van der Waals surface area (Å²) in [6.07, 6.45) is 2.64. The van der Waals surface area contributed by atoms with Gasteiger partial charge in [-0.15, -0.1) is 11.3 Å². The van der Waals surface area contributed by atoms with Crippen LogP contribution in [0.3, 0.4) is 0 Å². The Balaban J connectivity index is 1.70. The molecule has 3 nitrogen and oxygen atoms in total. The van der Waals surface area contributed by atoms with Gasteiger partial charge in [-0.25, -0.2) is 0 Å². The Hall–Kier alpha value is -0.390. The minimum absolute atomic E-state index is 0.162. The maximum absolute atomic E-state index is 11.8. The third kappa shape index (κ3) is 4.41. The Morgan fingerprint density at radius 3 is 3.00 bits per heavy atom. The molecule has 0 aliphatic heterocycles. The van der Waals surface area contributed by atoms with Crippen molar-refractivity contribution in [3.63, 3.8) is 0 Å². The first-order valence-electron chi connectivity index (χ1n) is 5.82. The van der Waals surface area contributed by atoms with Crippen LogP contribution >= 0.6 is 27.3 Å². The van der Waals surface area contributed by atoms with Gasteiger partial charge in [0.05, 0.1) is 13.1 Å². The lowest BCUT2D eigenvalue weighted by Crippen LogP contribution is -2.35. The van der Waals surface area contributed by atoms with E-state index in [2.05, 4.69) is 27.3 Å². The summed E-state index contributed by atoms with van der Waals surface area (Å²) in [5.74, 6) is 0.983. The molecule has 1 aliphatic rings. The predicted octanol–water partition coefficient (Wildman–Crippen LogP) is 2.47. The van der Waals surface area contributed by atoms with E-state index in [1.165, 1.54) is 17.7 Å². The summed E-state index contributed by atoms with van der Waals surface area (Å²) in [6, 6.07) is 2.06. The summed E-state index contributed by atoms with van der Waals surface area (Å²) in [5.41, 5.74) is 0. The summed E-state index contributed by atoms with van der Waals surface area (Å²) in [5, 5.41) is 5.26. The van der Waals surface area contributed by atoms with Gasteiger partial charge in [0.25, 0.3) is 0 Å². The minimum atomic E-state index is 0.162. The van der Waals surface area contributed by atoms with Gasteiger partial charge >= 0.3 is 0 Å². The predicted molar refractivity (Wildman–Crippen MR) is 74.1 cm³/mol. The summed E-state index contributed by atoms with van der Waals surface area (Å²) >= 11 is 5.09. The van der Waals surface area contributed by atoms with Gasteiger partial charge in [0.1, 0.15) is 0 Å². The van der Waals surface area contributed by atoms with E-state index >= 15 is 0 Å². The molecule has 0 radical (unpaired) electrons. The number of thiophene rings is 1. The molecule has 0 unspecified atom stereocenters. The van der Waals surface area contributed by atoms with Crippen molar-refractivity contribution in [2.75, 3.05) is 20.1 Å². The molecule has 94 valence electrons. The van der Waals surface area contributed by atoms with Crippen LogP contribution in [0.15, 0.2) is 15.9 Å². The normalized spacial score (nSPS) is 14.9. The second-order valence-corrected chi connectivity index (χ2v) is 6.47. The van der Waals surface area contributed by atoms with Crippen molar-refractivity contribution in [3.05, 3.63) is 20.8 Å². The molecule has 2 rings (SSSR count). The monoisotopic (exact) mass is 316 g/mol. The fraction of sp³-hybridized carbons (Fsp3) is 0.583. The fourth-order valence-electron chi connectivity index (χ4n) is 1.60. The maximum atomic E-state index is 11.8. The quantitative estimate of drug-likeness (QED) is 0.874. The molecule has 0 atom stereocenters. The number of carbonyl (C=O) groups is 1. The number of hydrogen-bond acceptors (Lipinski definition) is 3. The Kier molecular flexibility index (Phi) is 4.59. The van der Waals surface area contributed by atoms with Crippen molar-refractivity contribution in [2.45, 2.75) is 19.4 Å². The molecule has 1 N–H and O–H groups in total. The van der Waals surface area contributed by atoms with Crippen molar-refractivity contribution in [1.82, 2.24) is 10.2 Å². The summed E-state index contributed by atoms with van der Waals surface area (Å²) < 4.78 is 1.09. The molecule has 0 bridgehead atoms. The second kappa shape index (κ2) is 5.98. The van der Waals surface area contributed by atoms with E-state index in [0.29, 0.717) is 13.1 Å². The number of nitrogens with one attached hydrogen (secondary N) is 1. The SMILES string of the molecule is CN(Cc1cc(Br)cs1)C(=O)CNCC1CC1. The molecule has 1 amide bonds. The van der Waals surface area contributed by atoms with Crippen LogP contribution in [-0.4, -0.2) is 30.9 Å². The molecule has 0 aromatic carbocycles. The number of hydrogen-bond donors (Lipinski definition) is 1. The third-order valence-corrected chi connectivity index (χ3v) is 4.53. The summed E-state index contributed by atoms with van der Waals surface area (Å²) in [4.78, 5) is 14.8. The zero-order valence-corrected chi connectivity index (χ0v) is 12.3. The molecule has 1 aliphatic carbocycles. The largest absolute Gasteiger partial charge is 0.340 e. The zero-order chi connectivity index (χ0) is 12.3. The van der Waals surface area contributed by atoms with Crippen LogP contribution in [-0.2, 0) is 11.3 Å². The van der Waals surface area contributed by atoms with E-state index in [1.54, 1.807) is 16.2 Å². The molecular formula is C12H17BrN2OS. The van der Waals surface area contributed by atoms with Gasteiger partial charge in [0.15, 0.2) is 0 Å². The van der Waals surface area contributed by atoms with E-state index < -0.39 is 0 Å². The van der Waals surface area contributed by atoms with Gasteiger partial charge < -0.3 is 10.2 Å². The highest BCUT2D eigenvalue weighted by atomic mass is 79.9.